The lowest BCUT2D eigenvalue weighted by Gasteiger charge is -2.25. The lowest BCUT2D eigenvalue weighted by molar-refractivity contribution is -0.120. The van der Waals surface area contributed by atoms with Gasteiger partial charge in [-0.2, -0.15) is 4.72 Å². The number of amides is 2. The summed E-state index contributed by atoms with van der Waals surface area (Å²) in [6.45, 7) is 2.82. The number of carbonyl (C=O) groups excluding carboxylic acids is 2. The first-order valence-corrected chi connectivity index (χ1v) is 9.91. The summed E-state index contributed by atoms with van der Waals surface area (Å²) in [5, 5.41) is 2.95. The fourth-order valence-corrected chi connectivity index (χ4v) is 3.82. The normalized spacial score (nSPS) is 11.7. The van der Waals surface area contributed by atoms with E-state index in [0.29, 0.717) is 5.02 Å². The zero-order valence-corrected chi connectivity index (χ0v) is 17.0. The molecule has 0 heterocycles. The van der Waals surface area contributed by atoms with Crippen LogP contribution < -0.4 is 20.5 Å². The minimum absolute atomic E-state index is 0.0294. The number of ether oxygens (including phenoxy) is 1. The van der Waals surface area contributed by atoms with Gasteiger partial charge in [0.25, 0.3) is 5.91 Å². The number of carbonyl (C=O) groups is 2. The van der Waals surface area contributed by atoms with Gasteiger partial charge >= 0.3 is 0 Å². The molecule has 2 amide bonds. The van der Waals surface area contributed by atoms with Gasteiger partial charge in [0, 0.05) is 10.7 Å². The van der Waals surface area contributed by atoms with Crippen LogP contribution in [0.25, 0.3) is 0 Å². The Morgan fingerprint density at radius 1 is 1.11 bits per heavy atom. The van der Waals surface area contributed by atoms with E-state index in [2.05, 4.69) is 10.0 Å². The van der Waals surface area contributed by atoms with Crippen LogP contribution in [0.2, 0.25) is 5.02 Å². The highest BCUT2D eigenvalue weighted by Crippen LogP contribution is 2.23. The second-order valence-electron chi connectivity index (χ2n) is 6.42. The van der Waals surface area contributed by atoms with Crippen LogP contribution in [0.4, 0.5) is 5.69 Å². The van der Waals surface area contributed by atoms with Gasteiger partial charge in [-0.15, -0.1) is 0 Å². The summed E-state index contributed by atoms with van der Waals surface area (Å²) in [6.07, 6.45) is 0. The number of hydrogen-bond donors (Lipinski definition) is 3. The van der Waals surface area contributed by atoms with Gasteiger partial charge in [-0.1, -0.05) is 11.6 Å². The molecule has 0 saturated heterocycles. The molecular formula is C18H20ClN3O5S. The molecule has 2 aromatic carbocycles. The molecule has 28 heavy (non-hydrogen) atoms. The number of rotatable bonds is 7. The minimum atomic E-state index is -3.97. The summed E-state index contributed by atoms with van der Waals surface area (Å²) in [5.74, 6) is -1.10. The maximum atomic E-state index is 12.6. The molecule has 0 radical (unpaired) electrons. The molecule has 2 aromatic rings. The largest absolute Gasteiger partial charge is 0.496 e. The second-order valence-corrected chi connectivity index (χ2v) is 8.54. The van der Waals surface area contributed by atoms with Crippen LogP contribution in [0.15, 0.2) is 47.4 Å². The average Bonchev–Trinajstić information content (AvgIpc) is 2.61. The highest BCUT2D eigenvalue weighted by molar-refractivity contribution is 7.89. The van der Waals surface area contributed by atoms with Gasteiger partial charge in [-0.25, -0.2) is 8.42 Å². The standard InChI is InChI=1S/C18H20ClN3O5S/c1-18(2,22-28(25,26)13-7-4-11(19)5-8-13)17(24)21-12-6-9-15(27-3)14(10-12)16(20)23/h4-10,22H,1-3H3,(H2,20,23)(H,21,24). The van der Waals surface area contributed by atoms with Crippen molar-refractivity contribution in [2.24, 2.45) is 5.73 Å². The lowest BCUT2D eigenvalue weighted by Crippen LogP contribution is -2.52. The molecule has 0 unspecified atom stereocenters. The molecule has 0 spiro atoms. The monoisotopic (exact) mass is 425 g/mol. The summed E-state index contributed by atoms with van der Waals surface area (Å²) in [5.41, 5.74) is 4.15. The molecule has 0 aliphatic heterocycles. The molecule has 0 aromatic heterocycles. The van der Waals surface area contributed by atoms with E-state index in [9.17, 15) is 18.0 Å². The zero-order chi connectivity index (χ0) is 21.1. The van der Waals surface area contributed by atoms with E-state index in [0.717, 1.165) is 0 Å². The molecule has 0 aliphatic rings. The van der Waals surface area contributed by atoms with Gasteiger partial charge in [0.1, 0.15) is 11.3 Å². The number of nitrogens with one attached hydrogen (secondary N) is 2. The van der Waals surface area contributed by atoms with E-state index >= 15 is 0 Å². The van der Waals surface area contributed by atoms with Crippen LogP contribution in [0.1, 0.15) is 24.2 Å². The van der Waals surface area contributed by atoms with Crippen molar-refractivity contribution in [3.8, 4) is 5.75 Å². The predicted octanol–water partition coefficient (Wildman–Crippen LogP) is 2.14. The number of hydrogen-bond acceptors (Lipinski definition) is 5. The molecule has 2 rings (SSSR count). The first kappa shape index (κ1) is 21.7. The van der Waals surface area contributed by atoms with Gasteiger partial charge in [-0.3, -0.25) is 9.59 Å². The number of halogens is 1. The van der Waals surface area contributed by atoms with Crippen LogP contribution in [0, 0.1) is 0 Å². The first-order valence-electron chi connectivity index (χ1n) is 8.05. The van der Waals surface area contributed by atoms with E-state index in [1.165, 1.54) is 63.4 Å². The highest BCUT2D eigenvalue weighted by Gasteiger charge is 2.33. The van der Waals surface area contributed by atoms with Crippen molar-refractivity contribution in [3.05, 3.63) is 53.1 Å². The SMILES string of the molecule is COc1ccc(NC(=O)C(C)(C)NS(=O)(=O)c2ccc(Cl)cc2)cc1C(N)=O. The number of methoxy groups -OCH3 is 1. The van der Waals surface area contributed by atoms with Crippen LogP contribution in [0.5, 0.6) is 5.75 Å². The predicted molar refractivity (Wildman–Crippen MR) is 106 cm³/mol. The molecule has 4 N–H and O–H groups in total. The highest BCUT2D eigenvalue weighted by atomic mass is 35.5. The molecule has 0 saturated carbocycles. The third-order valence-electron chi connectivity index (χ3n) is 3.80. The van der Waals surface area contributed by atoms with E-state index in [4.69, 9.17) is 22.1 Å². The summed E-state index contributed by atoms with van der Waals surface area (Å²) >= 11 is 5.77. The topological polar surface area (TPSA) is 128 Å². The molecule has 0 fully saturated rings. The van der Waals surface area contributed by atoms with Crippen molar-refractivity contribution in [3.63, 3.8) is 0 Å². The summed E-state index contributed by atoms with van der Waals surface area (Å²) in [6, 6.07) is 9.87. The van der Waals surface area contributed by atoms with E-state index in [1.54, 1.807) is 0 Å². The summed E-state index contributed by atoms with van der Waals surface area (Å²) in [4.78, 5) is 24.1. The van der Waals surface area contributed by atoms with Crippen LogP contribution >= 0.6 is 11.6 Å². The Morgan fingerprint density at radius 2 is 1.71 bits per heavy atom. The van der Waals surface area contributed by atoms with Crippen molar-refractivity contribution in [1.29, 1.82) is 0 Å². The Labute approximate surface area is 168 Å². The zero-order valence-electron chi connectivity index (χ0n) is 15.4. The molecule has 0 aliphatic carbocycles. The number of sulfonamides is 1. The van der Waals surface area contributed by atoms with Gasteiger partial charge in [0.15, 0.2) is 0 Å². The fourth-order valence-electron chi connectivity index (χ4n) is 2.32. The Balaban J connectivity index is 2.22. The fraction of sp³-hybridized carbons (Fsp3) is 0.222. The molecular weight excluding hydrogens is 406 g/mol. The number of primary amides is 1. The van der Waals surface area contributed by atoms with Crippen molar-refractivity contribution < 1.29 is 22.7 Å². The Kier molecular flexibility index (Phi) is 6.33. The maximum Gasteiger partial charge on any atom is 0.252 e. The molecule has 150 valence electrons. The van der Waals surface area contributed by atoms with Crippen LogP contribution in [0.3, 0.4) is 0 Å². The quantitative estimate of drug-likeness (QED) is 0.626. The van der Waals surface area contributed by atoms with Gasteiger partial charge < -0.3 is 15.8 Å². The van der Waals surface area contributed by atoms with Crippen molar-refractivity contribution >= 4 is 39.1 Å². The number of anilines is 1. The van der Waals surface area contributed by atoms with Crippen LogP contribution in [-0.2, 0) is 14.8 Å². The summed E-state index contributed by atoms with van der Waals surface area (Å²) < 4.78 is 32.5. The van der Waals surface area contributed by atoms with Gasteiger partial charge in [0.05, 0.1) is 17.6 Å². The minimum Gasteiger partial charge on any atom is -0.496 e. The van der Waals surface area contributed by atoms with Crippen molar-refractivity contribution in [2.45, 2.75) is 24.3 Å². The molecule has 8 nitrogen and oxygen atoms in total. The van der Waals surface area contributed by atoms with Gasteiger partial charge in [-0.05, 0) is 56.3 Å². The molecule has 0 bridgehead atoms. The third kappa shape index (κ3) is 5.00. The Bertz CT molecular complexity index is 1000. The van der Waals surface area contributed by atoms with Gasteiger partial charge in [0.2, 0.25) is 15.9 Å². The average molecular weight is 426 g/mol. The second kappa shape index (κ2) is 8.17. The maximum absolute atomic E-state index is 12.6. The van der Waals surface area contributed by atoms with E-state index in [1.807, 2.05) is 0 Å². The molecule has 0 atom stereocenters. The van der Waals surface area contributed by atoms with E-state index in [-0.39, 0.29) is 21.9 Å². The van der Waals surface area contributed by atoms with Crippen molar-refractivity contribution in [2.75, 3.05) is 12.4 Å². The van der Waals surface area contributed by atoms with E-state index < -0.39 is 27.4 Å². The first-order chi connectivity index (χ1) is 13.0. The van der Waals surface area contributed by atoms with Crippen LogP contribution in [-0.4, -0.2) is 32.9 Å². The Hall–Kier alpha value is -2.62. The Morgan fingerprint density at radius 3 is 2.25 bits per heavy atom. The summed E-state index contributed by atoms with van der Waals surface area (Å²) in [7, 11) is -2.58. The lowest BCUT2D eigenvalue weighted by atomic mass is 10.1. The third-order valence-corrected chi connectivity index (χ3v) is 5.73. The number of nitrogens with two attached hydrogens (primary N) is 1. The van der Waals surface area contributed by atoms with Crippen molar-refractivity contribution in [1.82, 2.24) is 4.72 Å². The molecule has 10 heteroatoms. The smallest absolute Gasteiger partial charge is 0.252 e. The number of benzene rings is 2.